The van der Waals surface area contributed by atoms with E-state index in [-0.39, 0.29) is 23.2 Å². The van der Waals surface area contributed by atoms with Crippen LogP contribution in [0.1, 0.15) is 34.9 Å². The number of alkyl halides is 3. The summed E-state index contributed by atoms with van der Waals surface area (Å²) in [7, 11) is 0. The first-order chi connectivity index (χ1) is 9.33. The molecule has 110 valence electrons. The van der Waals surface area contributed by atoms with Gasteiger partial charge in [-0.15, -0.1) is 6.58 Å². The highest BCUT2D eigenvalue weighted by Crippen LogP contribution is 2.43. The third-order valence-electron chi connectivity index (χ3n) is 2.93. The Labute approximate surface area is 118 Å². The van der Waals surface area contributed by atoms with Gasteiger partial charge >= 0.3 is 6.18 Å². The molecule has 1 N–H and O–H groups in total. The van der Waals surface area contributed by atoms with E-state index in [0.29, 0.717) is 10.6 Å². The van der Waals surface area contributed by atoms with Crippen LogP contribution in [0, 0.1) is 0 Å². The highest BCUT2D eigenvalue weighted by Gasteiger charge is 2.36. The standard InChI is InChI=1S/C12H13ClF3N3O/c1-2-5-19(6-12(14,15)16)11(20)10-8(13)9(17-18-10)7-3-4-7/h2,7H,1,3-6H2,(H,17,18). The number of rotatable bonds is 5. The zero-order chi connectivity index (χ0) is 14.9. The normalized spacial score (nSPS) is 15.2. The van der Waals surface area contributed by atoms with Crippen LogP contribution >= 0.6 is 11.6 Å². The molecule has 0 atom stereocenters. The minimum Gasteiger partial charge on any atom is -0.324 e. The van der Waals surface area contributed by atoms with Crippen LogP contribution in [0.5, 0.6) is 0 Å². The minimum atomic E-state index is -4.49. The summed E-state index contributed by atoms with van der Waals surface area (Å²) in [5.74, 6) is -0.623. The quantitative estimate of drug-likeness (QED) is 0.850. The number of carbonyl (C=O) groups excluding carboxylic acids is 1. The molecule has 1 aromatic rings. The molecule has 1 aliphatic carbocycles. The molecule has 0 aliphatic heterocycles. The smallest absolute Gasteiger partial charge is 0.324 e. The summed E-state index contributed by atoms with van der Waals surface area (Å²) in [6.45, 7) is 1.77. The molecular weight excluding hydrogens is 295 g/mol. The second-order valence-electron chi connectivity index (χ2n) is 4.66. The highest BCUT2D eigenvalue weighted by molar-refractivity contribution is 6.34. The van der Waals surface area contributed by atoms with Gasteiger partial charge in [-0.2, -0.15) is 18.3 Å². The van der Waals surface area contributed by atoms with Crippen LogP contribution in [0.2, 0.25) is 5.02 Å². The van der Waals surface area contributed by atoms with Gasteiger partial charge in [0.2, 0.25) is 0 Å². The monoisotopic (exact) mass is 307 g/mol. The maximum absolute atomic E-state index is 12.5. The molecule has 0 saturated heterocycles. The van der Waals surface area contributed by atoms with E-state index in [1.807, 2.05) is 0 Å². The fourth-order valence-electron chi connectivity index (χ4n) is 1.87. The number of hydrogen-bond donors (Lipinski definition) is 1. The summed E-state index contributed by atoms with van der Waals surface area (Å²) in [6, 6.07) is 0. The number of halogens is 4. The minimum absolute atomic E-state index is 0.119. The van der Waals surface area contributed by atoms with Crippen molar-refractivity contribution in [1.29, 1.82) is 0 Å². The summed E-state index contributed by atoms with van der Waals surface area (Å²) < 4.78 is 37.4. The van der Waals surface area contributed by atoms with Crippen LogP contribution in [0.3, 0.4) is 0 Å². The van der Waals surface area contributed by atoms with Gasteiger partial charge in [-0.3, -0.25) is 9.89 Å². The van der Waals surface area contributed by atoms with Crippen molar-refractivity contribution in [3.8, 4) is 0 Å². The lowest BCUT2D eigenvalue weighted by atomic mass is 10.2. The van der Waals surface area contributed by atoms with Gasteiger partial charge in [0.25, 0.3) is 5.91 Å². The molecule has 1 fully saturated rings. The van der Waals surface area contributed by atoms with E-state index in [9.17, 15) is 18.0 Å². The van der Waals surface area contributed by atoms with Gasteiger partial charge in [0, 0.05) is 12.5 Å². The van der Waals surface area contributed by atoms with Gasteiger partial charge in [-0.05, 0) is 12.8 Å². The lowest BCUT2D eigenvalue weighted by molar-refractivity contribution is -0.139. The zero-order valence-electron chi connectivity index (χ0n) is 10.5. The van der Waals surface area contributed by atoms with Crippen molar-refractivity contribution in [2.24, 2.45) is 0 Å². The first-order valence-electron chi connectivity index (χ1n) is 6.04. The number of amides is 1. The van der Waals surface area contributed by atoms with E-state index in [0.717, 1.165) is 12.8 Å². The number of aromatic nitrogens is 2. The van der Waals surface area contributed by atoms with E-state index >= 15 is 0 Å². The number of H-pyrrole nitrogens is 1. The maximum Gasteiger partial charge on any atom is 0.406 e. The first-order valence-corrected chi connectivity index (χ1v) is 6.42. The highest BCUT2D eigenvalue weighted by atomic mass is 35.5. The van der Waals surface area contributed by atoms with Crippen LogP contribution in [-0.2, 0) is 0 Å². The molecule has 2 rings (SSSR count). The lowest BCUT2D eigenvalue weighted by Gasteiger charge is -2.21. The molecule has 1 aromatic heterocycles. The van der Waals surface area contributed by atoms with Crippen LogP contribution in [-0.4, -0.2) is 40.3 Å². The van der Waals surface area contributed by atoms with E-state index in [2.05, 4.69) is 16.8 Å². The lowest BCUT2D eigenvalue weighted by Crippen LogP contribution is -2.39. The Kier molecular flexibility index (Phi) is 4.08. The van der Waals surface area contributed by atoms with Gasteiger partial charge in [0.05, 0.1) is 10.7 Å². The number of nitrogens with zero attached hydrogens (tertiary/aromatic N) is 2. The fraction of sp³-hybridized carbons (Fsp3) is 0.500. The SMILES string of the molecule is C=CCN(CC(F)(F)F)C(=O)c1n[nH]c(C2CC2)c1Cl. The van der Waals surface area contributed by atoms with Crippen LogP contribution in [0.4, 0.5) is 13.2 Å². The van der Waals surface area contributed by atoms with Gasteiger partial charge in [0.15, 0.2) is 5.69 Å². The molecule has 20 heavy (non-hydrogen) atoms. The van der Waals surface area contributed by atoms with E-state index < -0.39 is 18.6 Å². The van der Waals surface area contributed by atoms with Crippen LogP contribution in [0.25, 0.3) is 0 Å². The topological polar surface area (TPSA) is 49.0 Å². The molecule has 0 bridgehead atoms. The summed E-state index contributed by atoms with van der Waals surface area (Å²) >= 11 is 6.02. The Hall–Kier alpha value is -1.50. The number of aromatic amines is 1. The van der Waals surface area contributed by atoms with Crippen molar-refractivity contribution in [2.75, 3.05) is 13.1 Å². The average Bonchev–Trinajstić information content (AvgIpc) is 3.10. The molecule has 0 spiro atoms. The zero-order valence-corrected chi connectivity index (χ0v) is 11.3. The molecule has 1 amide bonds. The summed E-state index contributed by atoms with van der Waals surface area (Å²) in [4.78, 5) is 12.7. The second-order valence-corrected chi connectivity index (χ2v) is 5.04. The summed E-state index contributed by atoms with van der Waals surface area (Å²) in [5.41, 5.74) is 0.459. The van der Waals surface area contributed by atoms with Crippen molar-refractivity contribution in [3.05, 3.63) is 29.1 Å². The Bertz CT molecular complexity index is 523. The Morgan fingerprint density at radius 3 is 2.70 bits per heavy atom. The molecule has 0 unspecified atom stereocenters. The van der Waals surface area contributed by atoms with E-state index in [1.54, 1.807) is 0 Å². The second kappa shape index (κ2) is 5.47. The molecule has 0 aromatic carbocycles. The van der Waals surface area contributed by atoms with E-state index in [4.69, 9.17) is 11.6 Å². The molecule has 1 saturated carbocycles. The predicted octanol–water partition coefficient (Wildman–Crippen LogP) is 3.13. The third kappa shape index (κ3) is 3.33. The fourth-order valence-corrected chi connectivity index (χ4v) is 2.19. The van der Waals surface area contributed by atoms with Crippen molar-refractivity contribution in [3.63, 3.8) is 0 Å². The maximum atomic E-state index is 12.5. The first kappa shape index (κ1) is 14.9. The largest absolute Gasteiger partial charge is 0.406 e. The van der Waals surface area contributed by atoms with Gasteiger partial charge in [0.1, 0.15) is 6.54 Å². The number of nitrogens with one attached hydrogen (secondary N) is 1. The van der Waals surface area contributed by atoms with Crippen LogP contribution in [0.15, 0.2) is 12.7 Å². The van der Waals surface area contributed by atoms with Crippen molar-refractivity contribution < 1.29 is 18.0 Å². The molecule has 8 heteroatoms. The molecule has 1 aliphatic rings. The van der Waals surface area contributed by atoms with Crippen molar-refractivity contribution >= 4 is 17.5 Å². The average molecular weight is 308 g/mol. The van der Waals surface area contributed by atoms with E-state index in [1.165, 1.54) is 6.08 Å². The van der Waals surface area contributed by atoms with Crippen LogP contribution < -0.4 is 0 Å². The molecular formula is C12H13ClF3N3O. The predicted molar refractivity (Wildman–Crippen MR) is 67.7 cm³/mol. The molecule has 0 radical (unpaired) electrons. The number of carbonyl (C=O) groups is 1. The summed E-state index contributed by atoms with van der Waals surface area (Å²) in [6.07, 6.45) is -1.38. The Morgan fingerprint density at radius 2 is 2.20 bits per heavy atom. The molecule has 1 heterocycles. The Morgan fingerprint density at radius 1 is 1.55 bits per heavy atom. The Balaban J connectivity index is 2.20. The van der Waals surface area contributed by atoms with Crippen molar-refractivity contribution in [1.82, 2.24) is 15.1 Å². The molecule has 4 nitrogen and oxygen atoms in total. The van der Waals surface area contributed by atoms with Gasteiger partial charge in [-0.1, -0.05) is 17.7 Å². The third-order valence-corrected chi connectivity index (χ3v) is 3.31. The van der Waals surface area contributed by atoms with Crippen molar-refractivity contribution in [2.45, 2.75) is 24.9 Å². The summed E-state index contributed by atoms with van der Waals surface area (Å²) in [5, 5.41) is 6.52. The van der Waals surface area contributed by atoms with Gasteiger partial charge < -0.3 is 4.90 Å². The number of hydrogen-bond acceptors (Lipinski definition) is 2. The van der Waals surface area contributed by atoms with Gasteiger partial charge in [-0.25, -0.2) is 0 Å².